The van der Waals surface area contributed by atoms with Gasteiger partial charge < -0.3 is 14.8 Å². The highest BCUT2D eigenvalue weighted by atomic mass is 32.2. The van der Waals surface area contributed by atoms with E-state index in [0.717, 1.165) is 16.4 Å². The largest absolute Gasteiger partial charge is 0.492 e. The molecule has 0 bridgehead atoms. The molecule has 0 unspecified atom stereocenters. The Hall–Kier alpha value is -4.77. The lowest BCUT2D eigenvalue weighted by molar-refractivity contribution is -0.122. The third-order valence-electron chi connectivity index (χ3n) is 7.04. The van der Waals surface area contributed by atoms with Gasteiger partial charge in [0, 0.05) is 18.1 Å². The van der Waals surface area contributed by atoms with Gasteiger partial charge in [-0.05, 0) is 86.5 Å². The van der Waals surface area contributed by atoms with Crippen LogP contribution < -0.4 is 14.4 Å². The van der Waals surface area contributed by atoms with Crippen molar-refractivity contribution in [1.29, 1.82) is 0 Å². The van der Waals surface area contributed by atoms with Gasteiger partial charge in [-0.25, -0.2) is 22.0 Å². The standard InChI is InChI=1S/C34H32F2N2O6S/c1-34(2,3)44-33(40)23-8-13-26(14-9-23)43-19-18-37-32(39)31-20-24-6-4-5-7-30(24)38(31)45(41,42)27-15-10-22(11-16-27)28-17-12-25(35)21-29(28)36/h4-17,21,31H,18-20H2,1-3H3,(H,37,39)/t31-/m0/s1. The molecule has 0 radical (unpaired) electrons. The van der Waals surface area contributed by atoms with Crippen LogP contribution in [0, 0.1) is 11.6 Å². The maximum atomic E-state index is 14.3. The summed E-state index contributed by atoms with van der Waals surface area (Å²) in [6.07, 6.45) is 0.174. The second kappa shape index (κ2) is 12.7. The third kappa shape index (κ3) is 7.15. The second-order valence-corrected chi connectivity index (χ2v) is 13.3. The van der Waals surface area contributed by atoms with Crippen molar-refractivity contribution in [2.24, 2.45) is 0 Å². The van der Waals surface area contributed by atoms with E-state index in [1.54, 1.807) is 69.3 Å². The van der Waals surface area contributed by atoms with Crippen molar-refractivity contribution >= 4 is 27.6 Å². The number of hydrogen-bond donors (Lipinski definition) is 1. The average molecular weight is 635 g/mol. The fourth-order valence-electron chi connectivity index (χ4n) is 4.98. The number of benzene rings is 4. The maximum absolute atomic E-state index is 14.3. The van der Waals surface area contributed by atoms with Crippen molar-refractivity contribution in [2.45, 2.75) is 43.7 Å². The SMILES string of the molecule is CC(C)(C)OC(=O)c1ccc(OCCNC(=O)[C@@H]2Cc3ccccc3N2S(=O)(=O)c2ccc(-c3ccc(F)cc3F)cc2)cc1. The number of anilines is 1. The van der Waals surface area contributed by atoms with Gasteiger partial charge in [0.05, 0.1) is 22.7 Å². The van der Waals surface area contributed by atoms with E-state index in [-0.39, 0.29) is 30.0 Å². The Labute approximate surface area is 260 Å². The Morgan fingerprint density at radius 1 is 0.933 bits per heavy atom. The number of amides is 1. The van der Waals surface area contributed by atoms with Crippen LogP contribution in [0.4, 0.5) is 14.5 Å². The van der Waals surface area contributed by atoms with Crippen molar-refractivity contribution in [1.82, 2.24) is 5.32 Å². The molecule has 0 spiro atoms. The summed E-state index contributed by atoms with van der Waals surface area (Å²) in [7, 11) is -4.21. The van der Waals surface area contributed by atoms with Crippen molar-refractivity contribution in [3.8, 4) is 16.9 Å². The summed E-state index contributed by atoms with van der Waals surface area (Å²) in [5.74, 6) is -1.94. The first-order valence-electron chi connectivity index (χ1n) is 14.3. The van der Waals surface area contributed by atoms with Gasteiger partial charge in [0.25, 0.3) is 10.0 Å². The minimum Gasteiger partial charge on any atom is -0.492 e. The van der Waals surface area contributed by atoms with E-state index in [4.69, 9.17) is 9.47 Å². The number of esters is 1. The van der Waals surface area contributed by atoms with E-state index in [1.807, 2.05) is 0 Å². The Morgan fingerprint density at radius 3 is 2.29 bits per heavy atom. The number of para-hydroxylation sites is 1. The van der Waals surface area contributed by atoms with Gasteiger partial charge in [-0.2, -0.15) is 0 Å². The fourth-order valence-corrected chi connectivity index (χ4v) is 6.63. The molecule has 1 amide bonds. The Balaban J connectivity index is 1.26. The highest BCUT2D eigenvalue weighted by molar-refractivity contribution is 7.93. The molecule has 0 aromatic heterocycles. The zero-order valence-corrected chi connectivity index (χ0v) is 25.7. The quantitative estimate of drug-likeness (QED) is 0.182. The van der Waals surface area contributed by atoms with Gasteiger partial charge in [-0.15, -0.1) is 0 Å². The zero-order valence-electron chi connectivity index (χ0n) is 24.9. The van der Waals surface area contributed by atoms with Gasteiger partial charge >= 0.3 is 5.97 Å². The number of hydrogen-bond acceptors (Lipinski definition) is 6. The highest BCUT2D eigenvalue weighted by Gasteiger charge is 2.42. The van der Waals surface area contributed by atoms with Crippen LogP contribution in [0.3, 0.4) is 0 Å². The van der Waals surface area contributed by atoms with Gasteiger partial charge in [-0.3, -0.25) is 9.10 Å². The molecule has 1 N–H and O–H groups in total. The third-order valence-corrected chi connectivity index (χ3v) is 8.88. The monoisotopic (exact) mass is 634 g/mol. The van der Waals surface area contributed by atoms with Gasteiger partial charge in [0.15, 0.2) is 0 Å². The van der Waals surface area contributed by atoms with Crippen molar-refractivity contribution in [3.05, 3.63) is 114 Å². The minimum atomic E-state index is -4.21. The number of carbonyl (C=O) groups excluding carboxylic acids is 2. The first kappa shape index (κ1) is 31.6. The lowest BCUT2D eigenvalue weighted by Crippen LogP contribution is -2.48. The van der Waals surface area contributed by atoms with Crippen molar-refractivity contribution in [2.75, 3.05) is 17.5 Å². The molecule has 4 aromatic carbocycles. The highest BCUT2D eigenvalue weighted by Crippen LogP contribution is 2.37. The summed E-state index contributed by atoms with van der Waals surface area (Å²) < 4.78 is 67.6. The number of rotatable bonds is 9. The Bertz CT molecular complexity index is 1820. The van der Waals surface area contributed by atoms with E-state index >= 15 is 0 Å². The van der Waals surface area contributed by atoms with E-state index in [2.05, 4.69) is 5.32 Å². The number of carbonyl (C=O) groups is 2. The number of fused-ring (bicyclic) bond motifs is 1. The molecule has 5 rings (SSSR count). The molecule has 11 heteroatoms. The molecule has 0 fully saturated rings. The van der Waals surface area contributed by atoms with Gasteiger partial charge in [-0.1, -0.05) is 30.3 Å². The van der Waals surface area contributed by atoms with Gasteiger partial charge in [0.1, 0.15) is 35.6 Å². The molecule has 1 aliphatic heterocycles. The lowest BCUT2D eigenvalue weighted by Gasteiger charge is -2.26. The smallest absolute Gasteiger partial charge is 0.338 e. The van der Waals surface area contributed by atoms with Crippen LogP contribution >= 0.6 is 0 Å². The number of sulfonamides is 1. The number of nitrogens with one attached hydrogen (secondary N) is 1. The predicted octanol–water partition coefficient (Wildman–Crippen LogP) is 5.90. The molecule has 1 heterocycles. The van der Waals surface area contributed by atoms with E-state index in [9.17, 15) is 26.8 Å². The first-order valence-corrected chi connectivity index (χ1v) is 15.7. The fraction of sp³-hybridized carbons (Fsp3) is 0.235. The van der Waals surface area contributed by atoms with Crippen LogP contribution in [-0.4, -0.2) is 45.1 Å². The van der Waals surface area contributed by atoms with Crippen LogP contribution in [0.2, 0.25) is 0 Å². The molecule has 0 saturated heterocycles. The molecule has 1 aliphatic rings. The van der Waals surface area contributed by atoms with Crippen LogP contribution in [-0.2, 0) is 26.0 Å². The topological polar surface area (TPSA) is 102 Å². The van der Waals surface area contributed by atoms with Crippen molar-refractivity contribution in [3.63, 3.8) is 0 Å². The number of ether oxygens (including phenoxy) is 2. The number of halogens is 2. The minimum absolute atomic E-state index is 0.0820. The maximum Gasteiger partial charge on any atom is 0.338 e. The molecule has 234 valence electrons. The Morgan fingerprint density at radius 2 is 1.62 bits per heavy atom. The molecule has 45 heavy (non-hydrogen) atoms. The average Bonchev–Trinajstić information content (AvgIpc) is 3.40. The van der Waals surface area contributed by atoms with E-state index in [0.29, 0.717) is 28.1 Å². The van der Waals surface area contributed by atoms with Crippen molar-refractivity contribution < 1.29 is 36.3 Å². The van der Waals surface area contributed by atoms with Crippen LogP contribution in [0.25, 0.3) is 11.1 Å². The molecular weight excluding hydrogens is 602 g/mol. The van der Waals surface area contributed by atoms with Gasteiger partial charge in [0.2, 0.25) is 5.91 Å². The first-order chi connectivity index (χ1) is 21.3. The van der Waals surface area contributed by atoms with E-state index in [1.165, 1.54) is 30.3 Å². The van der Waals surface area contributed by atoms with E-state index < -0.39 is 45.2 Å². The summed E-state index contributed by atoms with van der Waals surface area (Å²) in [6, 6.07) is 21.0. The van der Waals surface area contributed by atoms with Crippen LogP contribution in [0.15, 0.2) is 95.9 Å². The normalized spacial score (nSPS) is 14.5. The summed E-state index contributed by atoms with van der Waals surface area (Å²) in [5, 5.41) is 2.76. The molecule has 8 nitrogen and oxygen atoms in total. The van der Waals surface area contributed by atoms with Crippen LogP contribution in [0.1, 0.15) is 36.7 Å². The predicted molar refractivity (Wildman–Crippen MR) is 166 cm³/mol. The summed E-state index contributed by atoms with van der Waals surface area (Å²) in [5.41, 5.74) is 1.37. The van der Waals surface area contributed by atoms with Crippen LogP contribution in [0.5, 0.6) is 5.75 Å². The summed E-state index contributed by atoms with van der Waals surface area (Å²) in [4.78, 5) is 25.5. The lowest BCUT2D eigenvalue weighted by atomic mass is 10.1. The molecule has 0 saturated carbocycles. The molecule has 0 aliphatic carbocycles. The summed E-state index contributed by atoms with van der Waals surface area (Å²) >= 11 is 0. The summed E-state index contributed by atoms with van der Waals surface area (Å²) in [6.45, 7) is 5.56. The second-order valence-electron chi connectivity index (χ2n) is 11.5. The molecular formula is C34H32F2N2O6S. The number of nitrogens with zero attached hydrogens (tertiary/aromatic N) is 1. The molecule has 1 atom stereocenters. The zero-order chi connectivity index (χ0) is 32.4. The molecule has 4 aromatic rings. The Kier molecular flexibility index (Phi) is 8.92.